The van der Waals surface area contributed by atoms with E-state index in [2.05, 4.69) is 22.6 Å². The highest BCUT2D eigenvalue weighted by Gasteiger charge is 2.19. The zero-order valence-corrected chi connectivity index (χ0v) is 13.8. The fourth-order valence-electron chi connectivity index (χ4n) is 1.97. The summed E-state index contributed by atoms with van der Waals surface area (Å²) in [6.07, 6.45) is 0. The molecule has 21 heavy (non-hydrogen) atoms. The van der Waals surface area contributed by atoms with Gasteiger partial charge in [0.05, 0.1) is 18.4 Å². The Hall–Kier alpha value is -1.89. The highest BCUT2D eigenvalue weighted by atomic mass is 127. The number of esters is 1. The number of carbonyl (C=O) groups excluding carboxylic acids is 2. The number of carbonyl (C=O) groups is 2. The molecule has 2 aromatic carbocycles. The molecule has 0 bridgehead atoms. The smallest absolute Gasteiger partial charge is 0.339 e. The Morgan fingerprint density at radius 2 is 1.81 bits per heavy atom. The summed E-state index contributed by atoms with van der Waals surface area (Å²) in [4.78, 5) is 25.8. The van der Waals surface area contributed by atoms with Gasteiger partial charge in [0.2, 0.25) is 0 Å². The molecule has 0 saturated heterocycles. The van der Waals surface area contributed by atoms with E-state index < -0.39 is 5.97 Å². The van der Waals surface area contributed by atoms with Crippen LogP contribution in [0.25, 0.3) is 0 Å². The van der Waals surface area contributed by atoms with E-state index in [1.54, 1.807) is 43.4 Å². The Labute approximate surface area is 136 Å². The van der Waals surface area contributed by atoms with Crippen LogP contribution in [-0.4, -0.2) is 26.0 Å². The quantitative estimate of drug-likeness (QED) is 0.592. The Morgan fingerprint density at radius 1 is 1.10 bits per heavy atom. The lowest BCUT2D eigenvalue weighted by Gasteiger charge is -2.20. The lowest BCUT2D eigenvalue weighted by molar-refractivity contribution is 0.0601. The molecule has 108 valence electrons. The molecule has 0 fully saturated rings. The van der Waals surface area contributed by atoms with Gasteiger partial charge in [-0.1, -0.05) is 18.2 Å². The molecule has 0 spiro atoms. The second kappa shape index (κ2) is 6.71. The van der Waals surface area contributed by atoms with Crippen LogP contribution >= 0.6 is 22.6 Å². The lowest BCUT2D eigenvalue weighted by atomic mass is 10.1. The number of methoxy groups -OCH3 is 1. The number of hydrogen-bond donors (Lipinski definition) is 0. The van der Waals surface area contributed by atoms with Crippen molar-refractivity contribution >= 4 is 40.2 Å². The van der Waals surface area contributed by atoms with Crippen molar-refractivity contribution in [2.75, 3.05) is 19.1 Å². The topological polar surface area (TPSA) is 46.6 Å². The molecule has 0 atom stereocenters. The molecule has 4 nitrogen and oxygen atoms in total. The van der Waals surface area contributed by atoms with Gasteiger partial charge in [-0.15, -0.1) is 0 Å². The summed E-state index contributed by atoms with van der Waals surface area (Å²) in [6, 6.07) is 14.2. The number of amides is 1. The van der Waals surface area contributed by atoms with Crippen molar-refractivity contribution in [3.8, 4) is 0 Å². The highest BCUT2D eigenvalue weighted by molar-refractivity contribution is 14.1. The number of hydrogen-bond acceptors (Lipinski definition) is 3. The first-order valence-electron chi connectivity index (χ1n) is 6.25. The zero-order chi connectivity index (χ0) is 15.4. The number of anilines is 1. The van der Waals surface area contributed by atoms with Gasteiger partial charge in [0.25, 0.3) is 5.91 Å². The molecule has 0 N–H and O–H groups in total. The van der Waals surface area contributed by atoms with Crippen LogP contribution in [0.1, 0.15) is 20.7 Å². The molecule has 0 aromatic heterocycles. The van der Waals surface area contributed by atoms with Crippen molar-refractivity contribution in [3.05, 3.63) is 63.2 Å². The fourth-order valence-corrected chi connectivity index (χ4v) is 2.52. The average molecular weight is 395 g/mol. The number of ether oxygens (including phenoxy) is 1. The molecular weight excluding hydrogens is 381 g/mol. The number of rotatable bonds is 3. The molecule has 0 radical (unpaired) electrons. The Balaban J connectivity index is 2.38. The predicted molar refractivity (Wildman–Crippen MR) is 89.7 cm³/mol. The number of halogens is 1. The third-order valence-electron chi connectivity index (χ3n) is 3.05. The summed E-state index contributed by atoms with van der Waals surface area (Å²) in [5, 5.41) is 0. The van der Waals surface area contributed by atoms with Gasteiger partial charge in [0, 0.05) is 16.2 Å². The Morgan fingerprint density at radius 3 is 2.48 bits per heavy atom. The predicted octanol–water partition coefficient (Wildman–Crippen LogP) is 3.35. The van der Waals surface area contributed by atoms with Crippen molar-refractivity contribution in [2.24, 2.45) is 0 Å². The van der Waals surface area contributed by atoms with Gasteiger partial charge in [-0.25, -0.2) is 4.79 Å². The van der Waals surface area contributed by atoms with E-state index in [1.165, 1.54) is 12.0 Å². The summed E-state index contributed by atoms with van der Waals surface area (Å²) in [5.41, 5.74) is 1.46. The third kappa shape index (κ3) is 3.41. The minimum absolute atomic E-state index is 0.176. The van der Waals surface area contributed by atoms with Crippen molar-refractivity contribution in [2.45, 2.75) is 0 Å². The molecule has 0 aliphatic carbocycles. The van der Waals surface area contributed by atoms with Gasteiger partial charge >= 0.3 is 5.97 Å². The molecule has 1 amide bonds. The highest BCUT2D eigenvalue weighted by Crippen LogP contribution is 2.22. The number of nitrogens with zero attached hydrogens (tertiary/aromatic N) is 1. The molecule has 0 aliphatic rings. The first-order valence-corrected chi connectivity index (χ1v) is 7.33. The van der Waals surface area contributed by atoms with E-state index in [4.69, 9.17) is 4.74 Å². The SMILES string of the molecule is COC(=O)c1ccccc1N(C)C(=O)c1cccc(I)c1. The maximum absolute atomic E-state index is 12.5. The summed E-state index contributed by atoms with van der Waals surface area (Å²) in [6.45, 7) is 0. The number of benzene rings is 2. The normalized spacial score (nSPS) is 10.0. The molecule has 0 unspecified atom stereocenters. The first kappa shape index (κ1) is 15.5. The molecule has 2 rings (SSSR count). The van der Waals surface area contributed by atoms with Crippen LogP contribution in [0.15, 0.2) is 48.5 Å². The van der Waals surface area contributed by atoms with Crippen LogP contribution in [-0.2, 0) is 4.74 Å². The summed E-state index contributed by atoms with van der Waals surface area (Å²) >= 11 is 2.16. The first-order chi connectivity index (χ1) is 10.0. The zero-order valence-electron chi connectivity index (χ0n) is 11.7. The summed E-state index contributed by atoms with van der Waals surface area (Å²) < 4.78 is 5.73. The largest absolute Gasteiger partial charge is 0.465 e. The third-order valence-corrected chi connectivity index (χ3v) is 3.72. The van der Waals surface area contributed by atoms with Crippen LogP contribution in [0.5, 0.6) is 0 Å². The van der Waals surface area contributed by atoms with Gasteiger partial charge in [0.15, 0.2) is 0 Å². The maximum Gasteiger partial charge on any atom is 0.339 e. The fraction of sp³-hybridized carbons (Fsp3) is 0.125. The van der Waals surface area contributed by atoms with Gasteiger partial charge in [0.1, 0.15) is 0 Å². The summed E-state index contributed by atoms with van der Waals surface area (Å²) in [7, 11) is 2.96. The van der Waals surface area contributed by atoms with E-state index in [0.29, 0.717) is 16.8 Å². The van der Waals surface area contributed by atoms with E-state index in [9.17, 15) is 9.59 Å². The van der Waals surface area contributed by atoms with Gasteiger partial charge in [-0.05, 0) is 52.9 Å². The van der Waals surface area contributed by atoms with Crippen molar-refractivity contribution < 1.29 is 14.3 Å². The van der Waals surface area contributed by atoms with Crippen molar-refractivity contribution in [1.82, 2.24) is 0 Å². The second-order valence-electron chi connectivity index (χ2n) is 4.38. The molecule has 5 heteroatoms. The molecule has 0 aliphatic heterocycles. The van der Waals surface area contributed by atoms with Crippen molar-refractivity contribution in [1.29, 1.82) is 0 Å². The monoisotopic (exact) mass is 395 g/mol. The minimum atomic E-state index is -0.465. The second-order valence-corrected chi connectivity index (χ2v) is 5.63. The van der Waals surface area contributed by atoms with Gasteiger partial charge < -0.3 is 9.64 Å². The van der Waals surface area contributed by atoms with E-state index in [-0.39, 0.29) is 5.91 Å². The van der Waals surface area contributed by atoms with E-state index >= 15 is 0 Å². The van der Waals surface area contributed by atoms with Crippen LogP contribution in [0, 0.1) is 3.57 Å². The number of para-hydroxylation sites is 1. The Bertz CT molecular complexity index is 685. The average Bonchev–Trinajstić information content (AvgIpc) is 2.52. The van der Waals surface area contributed by atoms with E-state index in [0.717, 1.165) is 3.57 Å². The molecular formula is C16H14INO3. The summed E-state index contributed by atoms with van der Waals surface area (Å²) in [5.74, 6) is -0.641. The van der Waals surface area contributed by atoms with Crippen LogP contribution < -0.4 is 4.90 Å². The standard InChI is InChI=1S/C16H14INO3/c1-18(15(19)11-6-5-7-12(17)10-11)14-9-4-3-8-13(14)16(20)21-2/h3-10H,1-2H3. The molecule has 0 saturated carbocycles. The maximum atomic E-state index is 12.5. The van der Waals surface area contributed by atoms with Crippen LogP contribution in [0.3, 0.4) is 0 Å². The molecule has 0 heterocycles. The van der Waals surface area contributed by atoms with Crippen molar-refractivity contribution in [3.63, 3.8) is 0 Å². The minimum Gasteiger partial charge on any atom is -0.465 e. The lowest BCUT2D eigenvalue weighted by Crippen LogP contribution is -2.28. The Kier molecular flexibility index (Phi) is 4.95. The van der Waals surface area contributed by atoms with E-state index in [1.807, 2.05) is 12.1 Å². The van der Waals surface area contributed by atoms with Crippen LogP contribution in [0.4, 0.5) is 5.69 Å². The van der Waals surface area contributed by atoms with Gasteiger partial charge in [-0.3, -0.25) is 4.79 Å². The molecule has 2 aromatic rings. The van der Waals surface area contributed by atoms with Crippen LogP contribution in [0.2, 0.25) is 0 Å². The van der Waals surface area contributed by atoms with Gasteiger partial charge in [-0.2, -0.15) is 0 Å².